The summed E-state index contributed by atoms with van der Waals surface area (Å²) in [7, 11) is 0. The summed E-state index contributed by atoms with van der Waals surface area (Å²) in [4.78, 5) is 24.9. The van der Waals surface area contributed by atoms with E-state index in [4.69, 9.17) is 21.1 Å². The van der Waals surface area contributed by atoms with Gasteiger partial charge < -0.3 is 20.9 Å². The van der Waals surface area contributed by atoms with Gasteiger partial charge in [0.05, 0.1) is 16.8 Å². The standard InChI is InChI=1S/C23H26N8O2.ClH/c1-2-3-10-31-20-16(23(32)30-11-9-15(24)13-30)12-26-17(14-7-5-4-6-8-14)18(20)27-22(31)19-21(25)29-33-28-19;/h4-8,12,15H,2-3,9-11,13,24H2,1H3,(H2,25,29);1H. The second kappa shape index (κ2) is 9.78. The molecule has 0 bridgehead atoms. The molecule has 1 amide bonds. The molecule has 4 aromatic rings. The van der Waals surface area contributed by atoms with E-state index in [1.807, 2.05) is 34.9 Å². The number of rotatable bonds is 6. The Bertz CT molecular complexity index is 1300. The number of benzene rings is 1. The fourth-order valence-corrected chi connectivity index (χ4v) is 4.31. The molecule has 10 nitrogen and oxygen atoms in total. The Balaban J connectivity index is 0.00000274. The van der Waals surface area contributed by atoms with Gasteiger partial charge >= 0.3 is 0 Å². The average molecular weight is 483 g/mol. The van der Waals surface area contributed by atoms with Crippen LogP contribution in [0.25, 0.3) is 33.8 Å². The molecular weight excluding hydrogens is 456 g/mol. The molecule has 0 radical (unpaired) electrons. The Kier molecular flexibility index (Phi) is 6.80. The molecule has 0 spiro atoms. The highest BCUT2D eigenvalue weighted by atomic mass is 35.5. The minimum Gasteiger partial charge on any atom is -0.379 e. The summed E-state index contributed by atoms with van der Waals surface area (Å²) in [5, 5.41) is 7.72. The van der Waals surface area contributed by atoms with E-state index in [1.165, 1.54) is 0 Å². The molecule has 1 aromatic carbocycles. The van der Waals surface area contributed by atoms with Crippen molar-refractivity contribution in [1.82, 2.24) is 29.7 Å². The molecule has 11 heteroatoms. The Hall–Kier alpha value is -3.50. The molecular formula is C23H27ClN8O2. The van der Waals surface area contributed by atoms with E-state index < -0.39 is 0 Å². The maximum absolute atomic E-state index is 13.6. The lowest BCUT2D eigenvalue weighted by Gasteiger charge is -2.18. The molecule has 1 fully saturated rings. The van der Waals surface area contributed by atoms with Crippen LogP contribution >= 0.6 is 12.4 Å². The van der Waals surface area contributed by atoms with Crippen LogP contribution in [0.5, 0.6) is 0 Å². The second-order valence-corrected chi connectivity index (χ2v) is 8.32. The van der Waals surface area contributed by atoms with Crippen LogP contribution in [0.1, 0.15) is 36.5 Å². The number of pyridine rings is 1. The van der Waals surface area contributed by atoms with Crippen molar-refractivity contribution < 1.29 is 9.42 Å². The topological polar surface area (TPSA) is 142 Å². The quantitative estimate of drug-likeness (QED) is 0.426. The molecule has 1 aliphatic rings. The summed E-state index contributed by atoms with van der Waals surface area (Å²) in [6, 6.07) is 9.77. The van der Waals surface area contributed by atoms with Crippen LogP contribution in [0, 0.1) is 0 Å². The number of aromatic nitrogens is 5. The number of amides is 1. The zero-order chi connectivity index (χ0) is 22.9. The number of nitrogen functional groups attached to an aromatic ring is 1. The van der Waals surface area contributed by atoms with Crippen molar-refractivity contribution in [2.24, 2.45) is 5.73 Å². The van der Waals surface area contributed by atoms with Crippen molar-refractivity contribution in [2.75, 3.05) is 18.8 Å². The summed E-state index contributed by atoms with van der Waals surface area (Å²) >= 11 is 0. The monoisotopic (exact) mass is 482 g/mol. The van der Waals surface area contributed by atoms with Gasteiger partial charge in [0.15, 0.2) is 17.3 Å². The molecule has 1 atom stereocenters. The third-order valence-electron chi connectivity index (χ3n) is 6.02. The number of nitrogens with two attached hydrogens (primary N) is 2. The van der Waals surface area contributed by atoms with Crippen molar-refractivity contribution in [3.05, 3.63) is 42.1 Å². The lowest BCUT2D eigenvalue weighted by Crippen LogP contribution is -2.32. The van der Waals surface area contributed by atoms with Gasteiger partial charge in [-0.05, 0) is 23.2 Å². The SMILES string of the molecule is CCCCn1c(-c2nonc2N)nc2c(-c3ccccc3)ncc(C(=O)N3CCC(N)C3)c21.Cl. The minimum atomic E-state index is -0.101. The average Bonchev–Trinajstić information content (AvgIpc) is 3.55. The molecule has 178 valence electrons. The van der Waals surface area contributed by atoms with E-state index in [9.17, 15) is 4.79 Å². The number of nitrogens with zero attached hydrogens (tertiary/aromatic N) is 6. The zero-order valence-electron chi connectivity index (χ0n) is 18.8. The summed E-state index contributed by atoms with van der Waals surface area (Å²) in [5.41, 5.74) is 15.9. The van der Waals surface area contributed by atoms with Crippen molar-refractivity contribution in [3.63, 3.8) is 0 Å². The third kappa shape index (κ3) is 4.10. The molecule has 1 saturated heterocycles. The number of halogens is 1. The van der Waals surface area contributed by atoms with Gasteiger partial charge in [0.25, 0.3) is 5.91 Å². The predicted octanol–water partition coefficient (Wildman–Crippen LogP) is 3.13. The number of fused-ring (bicyclic) bond motifs is 1. The molecule has 3 aromatic heterocycles. The van der Waals surface area contributed by atoms with Crippen LogP contribution in [-0.2, 0) is 6.54 Å². The van der Waals surface area contributed by atoms with Crippen LogP contribution in [-0.4, -0.2) is 54.8 Å². The Morgan fingerprint density at radius 1 is 1.21 bits per heavy atom. The number of aryl methyl sites for hydroxylation is 1. The van der Waals surface area contributed by atoms with Gasteiger partial charge in [-0.3, -0.25) is 9.78 Å². The molecule has 1 unspecified atom stereocenters. The second-order valence-electron chi connectivity index (χ2n) is 8.32. The van der Waals surface area contributed by atoms with Gasteiger partial charge in [0.2, 0.25) is 0 Å². The number of imidazole rings is 1. The molecule has 1 aliphatic heterocycles. The summed E-state index contributed by atoms with van der Waals surface area (Å²) in [5.74, 6) is 0.556. The maximum Gasteiger partial charge on any atom is 0.257 e. The Labute approximate surface area is 202 Å². The first-order valence-electron chi connectivity index (χ1n) is 11.2. The van der Waals surface area contributed by atoms with E-state index in [2.05, 4.69) is 22.2 Å². The summed E-state index contributed by atoms with van der Waals surface area (Å²) < 4.78 is 6.85. The summed E-state index contributed by atoms with van der Waals surface area (Å²) in [6.45, 7) is 3.89. The predicted molar refractivity (Wildman–Crippen MR) is 131 cm³/mol. The molecule has 5 rings (SSSR count). The van der Waals surface area contributed by atoms with E-state index in [-0.39, 0.29) is 30.2 Å². The van der Waals surface area contributed by atoms with Crippen LogP contribution in [0.3, 0.4) is 0 Å². The number of hydrogen-bond donors (Lipinski definition) is 2. The minimum absolute atomic E-state index is 0. The zero-order valence-corrected chi connectivity index (χ0v) is 19.7. The van der Waals surface area contributed by atoms with Gasteiger partial charge in [-0.1, -0.05) is 43.7 Å². The molecule has 4 N–H and O–H groups in total. The summed E-state index contributed by atoms with van der Waals surface area (Å²) in [6.07, 6.45) is 4.28. The number of anilines is 1. The Morgan fingerprint density at radius 3 is 2.65 bits per heavy atom. The number of hydrogen-bond acceptors (Lipinski definition) is 8. The normalized spacial score (nSPS) is 15.6. The van der Waals surface area contributed by atoms with E-state index in [0.29, 0.717) is 53.4 Å². The highest BCUT2D eigenvalue weighted by Crippen LogP contribution is 2.34. The Morgan fingerprint density at radius 2 is 2.00 bits per heavy atom. The lowest BCUT2D eigenvalue weighted by molar-refractivity contribution is 0.0792. The first-order valence-corrected chi connectivity index (χ1v) is 11.2. The van der Waals surface area contributed by atoms with Gasteiger partial charge in [0, 0.05) is 37.4 Å². The highest BCUT2D eigenvalue weighted by Gasteiger charge is 2.30. The van der Waals surface area contributed by atoms with Crippen molar-refractivity contribution in [3.8, 4) is 22.8 Å². The first kappa shape index (κ1) is 23.7. The molecule has 4 heterocycles. The third-order valence-corrected chi connectivity index (χ3v) is 6.02. The van der Waals surface area contributed by atoms with Crippen LogP contribution in [0.2, 0.25) is 0 Å². The number of carbonyl (C=O) groups excluding carboxylic acids is 1. The van der Waals surface area contributed by atoms with Crippen LogP contribution in [0.15, 0.2) is 41.2 Å². The first-order chi connectivity index (χ1) is 16.1. The fraction of sp³-hybridized carbons (Fsp3) is 0.348. The van der Waals surface area contributed by atoms with Gasteiger partial charge in [0.1, 0.15) is 5.52 Å². The number of unbranched alkanes of at least 4 members (excludes halogenated alkanes) is 1. The van der Waals surface area contributed by atoms with Crippen molar-refractivity contribution >= 4 is 35.2 Å². The lowest BCUT2D eigenvalue weighted by atomic mass is 10.1. The van der Waals surface area contributed by atoms with Gasteiger partial charge in [-0.2, -0.15) is 0 Å². The maximum atomic E-state index is 13.6. The molecule has 34 heavy (non-hydrogen) atoms. The number of carbonyl (C=O) groups is 1. The molecule has 0 aliphatic carbocycles. The smallest absolute Gasteiger partial charge is 0.257 e. The van der Waals surface area contributed by atoms with Crippen LogP contribution < -0.4 is 11.5 Å². The van der Waals surface area contributed by atoms with Gasteiger partial charge in [-0.15, -0.1) is 12.4 Å². The van der Waals surface area contributed by atoms with E-state index in [0.717, 1.165) is 24.8 Å². The number of likely N-dealkylation sites (tertiary alicyclic amines) is 1. The highest BCUT2D eigenvalue weighted by molar-refractivity contribution is 6.08. The van der Waals surface area contributed by atoms with Crippen molar-refractivity contribution in [1.29, 1.82) is 0 Å². The fourth-order valence-electron chi connectivity index (χ4n) is 4.31. The van der Waals surface area contributed by atoms with Crippen LogP contribution in [0.4, 0.5) is 5.82 Å². The van der Waals surface area contributed by atoms with E-state index in [1.54, 1.807) is 11.1 Å². The van der Waals surface area contributed by atoms with Crippen molar-refractivity contribution in [2.45, 2.75) is 38.8 Å². The molecule has 0 saturated carbocycles. The van der Waals surface area contributed by atoms with Gasteiger partial charge in [-0.25, -0.2) is 9.61 Å². The van der Waals surface area contributed by atoms with E-state index >= 15 is 0 Å². The largest absolute Gasteiger partial charge is 0.379 e.